The Morgan fingerprint density at radius 1 is 0.610 bits per heavy atom. The van der Waals surface area contributed by atoms with Gasteiger partial charge in [-0.15, -0.1) is 0 Å². The Balaban J connectivity index is 1.65. The maximum Gasteiger partial charge on any atom is 0.269 e. The zero-order chi connectivity index (χ0) is 28.8. The van der Waals surface area contributed by atoms with Gasteiger partial charge in [-0.1, -0.05) is 66.7 Å². The van der Waals surface area contributed by atoms with E-state index in [1.165, 1.54) is 24.3 Å². The summed E-state index contributed by atoms with van der Waals surface area (Å²) >= 11 is 0. The third kappa shape index (κ3) is 6.26. The van der Waals surface area contributed by atoms with Crippen molar-refractivity contribution in [3.63, 3.8) is 0 Å². The highest BCUT2D eigenvalue weighted by molar-refractivity contribution is 6.15. The summed E-state index contributed by atoms with van der Waals surface area (Å²) in [6.07, 6.45) is 0. The molecule has 0 bridgehead atoms. The van der Waals surface area contributed by atoms with Crippen LogP contribution in [0.4, 0.5) is 22.7 Å². The van der Waals surface area contributed by atoms with Crippen LogP contribution in [0.25, 0.3) is 0 Å². The van der Waals surface area contributed by atoms with Crippen molar-refractivity contribution < 1.29 is 9.85 Å². The lowest BCUT2D eigenvalue weighted by atomic mass is 10.0. The molecule has 0 radical (unpaired) electrons. The SMILES string of the molecule is Cc1cc([N+](=O)[O-])ccc1N=C(c1ccccc1)c1cccc(C(=Nc2ccc([N+](=O)[O-])cc2)c2ccccc2)n1. The van der Waals surface area contributed by atoms with Crippen molar-refractivity contribution in [2.75, 3.05) is 0 Å². The molecular formula is C32H23N5O4. The van der Waals surface area contributed by atoms with E-state index >= 15 is 0 Å². The number of nitro groups is 2. The molecule has 9 heteroatoms. The zero-order valence-electron chi connectivity index (χ0n) is 21.9. The van der Waals surface area contributed by atoms with Gasteiger partial charge in [-0.05, 0) is 42.8 Å². The summed E-state index contributed by atoms with van der Waals surface area (Å²) in [6.45, 7) is 1.78. The Morgan fingerprint density at radius 2 is 1.12 bits per heavy atom. The Labute approximate surface area is 235 Å². The van der Waals surface area contributed by atoms with Crippen molar-refractivity contribution in [3.8, 4) is 0 Å². The van der Waals surface area contributed by atoms with E-state index in [0.717, 1.165) is 11.1 Å². The van der Waals surface area contributed by atoms with Crippen LogP contribution in [0, 0.1) is 27.2 Å². The summed E-state index contributed by atoms with van der Waals surface area (Å²) in [5.74, 6) is 0. The first-order valence-corrected chi connectivity index (χ1v) is 12.6. The summed E-state index contributed by atoms with van der Waals surface area (Å²) in [7, 11) is 0. The van der Waals surface area contributed by atoms with E-state index in [1.807, 2.05) is 78.9 Å². The van der Waals surface area contributed by atoms with Gasteiger partial charge in [-0.25, -0.2) is 15.0 Å². The van der Waals surface area contributed by atoms with Gasteiger partial charge in [-0.3, -0.25) is 20.2 Å². The smallest absolute Gasteiger partial charge is 0.258 e. The van der Waals surface area contributed by atoms with Gasteiger partial charge in [0.25, 0.3) is 11.4 Å². The molecule has 9 nitrogen and oxygen atoms in total. The zero-order valence-corrected chi connectivity index (χ0v) is 21.9. The lowest BCUT2D eigenvalue weighted by Gasteiger charge is -2.12. The molecule has 0 aliphatic heterocycles. The molecule has 0 N–H and O–H groups in total. The first-order chi connectivity index (χ1) is 19.9. The van der Waals surface area contributed by atoms with E-state index in [2.05, 4.69) is 0 Å². The number of non-ortho nitro benzene ring substituents is 2. The van der Waals surface area contributed by atoms with E-state index in [1.54, 1.807) is 25.1 Å². The predicted octanol–water partition coefficient (Wildman–Crippen LogP) is 7.54. The molecule has 41 heavy (non-hydrogen) atoms. The molecule has 0 amide bonds. The minimum absolute atomic E-state index is 0.00204. The molecule has 0 saturated carbocycles. The van der Waals surface area contributed by atoms with Gasteiger partial charge in [0.05, 0.1) is 44.0 Å². The average Bonchev–Trinajstić information content (AvgIpc) is 3.00. The molecule has 0 atom stereocenters. The van der Waals surface area contributed by atoms with Gasteiger partial charge in [-0.2, -0.15) is 0 Å². The van der Waals surface area contributed by atoms with E-state index < -0.39 is 9.85 Å². The number of rotatable bonds is 8. The molecule has 0 saturated heterocycles. The fourth-order valence-corrected chi connectivity index (χ4v) is 4.21. The van der Waals surface area contributed by atoms with Crippen molar-refractivity contribution in [1.82, 2.24) is 4.98 Å². The van der Waals surface area contributed by atoms with Crippen LogP contribution < -0.4 is 0 Å². The average molecular weight is 542 g/mol. The number of aromatic nitrogens is 1. The van der Waals surface area contributed by atoms with Crippen LogP contribution in [-0.2, 0) is 0 Å². The number of hydrogen-bond donors (Lipinski definition) is 0. The fourth-order valence-electron chi connectivity index (χ4n) is 4.21. The van der Waals surface area contributed by atoms with Gasteiger partial charge in [0.15, 0.2) is 0 Å². The van der Waals surface area contributed by atoms with Gasteiger partial charge in [0.1, 0.15) is 0 Å². The maximum atomic E-state index is 11.2. The number of nitro benzene ring substituents is 2. The highest BCUT2D eigenvalue weighted by atomic mass is 16.6. The summed E-state index contributed by atoms with van der Waals surface area (Å²) in [5.41, 5.74) is 5.75. The quantitative estimate of drug-likeness (QED) is 0.114. The monoisotopic (exact) mass is 541 g/mol. The van der Waals surface area contributed by atoms with Crippen LogP contribution in [0.1, 0.15) is 28.1 Å². The van der Waals surface area contributed by atoms with Gasteiger partial charge in [0, 0.05) is 35.4 Å². The lowest BCUT2D eigenvalue weighted by Crippen LogP contribution is -2.11. The largest absolute Gasteiger partial charge is 0.269 e. The molecule has 0 aliphatic carbocycles. The second-order valence-electron chi connectivity index (χ2n) is 9.06. The summed E-state index contributed by atoms with van der Waals surface area (Å²) < 4.78 is 0. The number of aryl methyl sites for hydroxylation is 1. The molecule has 5 aromatic rings. The summed E-state index contributed by atoms with van der Waals surface area (Å²) in [6, 6.07) is 35.3. The molecule has 0 fully saturated rings. The van der Waals surface area contributed by atoms with Crippen LogP contribution in [0.5, 0.6) is 0 Å². The van der Waals surface area contributed by atoms with Crippen LogP contribution in [0.15, 0.2) is 131 Å². The normalized spacial score (nSPS) is 11.7. The Hall–Kier alpha value is -5.83. The lowest BCUT2D eigenvalue weighted by molar-refractivity contribution is -0.385. The van der Waals surface area contributed by atoms with Crippen LogP contribution in [-0.4, -0.2) is 26.3 Å². The minimum Gasteiger partial charge on any atom is -0.258 e. The van der Waals surface area contributed by atoms with E-state index in [0.29, 0.717) is 39.7 Å². The van der Waals surface area contributed by atoms with Crippen molar-refractivity contribution in [1.29, 1.82) is 0 Å². The fraction of sp³-hybridized carbons (Fsp3) is 0.0312. The van der Waals surface area contributed by atoms with Crippen molar-refractivity contribution >= 4 is 34.2 Å². The number of pyridine rings is 1. The Kier molecular flexibility index (Phi) is 7.78. The second kappa shape index (κ2) is 11.9. The molecule has 0 aliphatic rings. The highest BCUT2D eigenvalue weighted by Gasteiger charge is 2.16. The Morgan fingerprint density at radius 3 is 1.63 bits per heavy atom. The van der Waals surface area contributed by atoms with E-state index in [4.69, 9.17) is 15.0 Å². The predicted molar refractivity (Wildman–Crippen MR) is 159 cm³/mol. The van der Waals surface area contributed by atoms with Gasteiger partial charge < -0.3 is 0 Å². The first kappa shape index (κ1) is 26.8. The molecule has 1 heterocycles. The molecule has 0 spiro atoms. The van der Waals surface area contributed by atoms with Gasteiger partial charge in [0.2, 0.25) is 0 Å². The van der Waals surface area contributed by atoms with Crippen molar-refractivity contribution in [2.45, 2.75) is 6.92 Å². The molecule has 200 valence electrons. The molecule has 5 rings (SSSR count). The standard InChI is InChI=1S/C32H23N5O4/c1-22-21-27(37(40)41)19-20-28(22)35-32(24-11-6-3-7-12-24)30-14-8-13-29(34-30)31(23-9-4-2-5-10-23)33-25-15-17-26(18-16-25)36(38)39/h2-21H,1H3. The third-order valence-corrected chi connectivity index (χ3v) is 6.25. The maximum absolute atomic E-state index is 11.2. The summed E-state index contributed by atoms with van der Waals surface area (Å²) in [4.78, 5) is 36.2. The topological polar surface area (TPSA) is 124 Å². The number of aliphatic imine (C=N–C) groups is 2. The van der Waals surface area contributed by atoms with Crippen molar-refractivity contribution in [3.05, 3.63) is 170 Å². The van der Waals surface area contributed by atoms with E-state index in [9.17, 15) is 20.2 Å². The molecule has 4 aromatic carbocycles. The molecular weight excluding hydrogens is 518 g/mol. The molecule has 0 unspecified atom stereocenters. The Bertz CT molecular complexity index is 1780. The van der Waals surface area contributed by atoms with Crippen LogP contribution in [0.3, 0.4) is 0 Å². The number of hydrogen-bond acceptors (Lipinski definition) is 7. The van der Waals surface area contributed by atoms with Crippen molar-refractivity contribution in [2.24, 2.45) is 9.98 Å². The summed E-state index contributed by atoms with van der Waals surface area (Å²) in [5, 5.41) is 22.4. The second-order valence-corrected chi connectivity index (χ2v) is 9.06. The molecule has 1 aromatic heterocycles. The number of benzene rings is 4. The first-order valence-electron chi connectivity index (χ1n) is 12.6. The van der Waals surface area contributed by atoms with Gasteiger partial charge >= 0.3 is 0 Å². The number of nitrogens with zero attached hydrogens (tertiary/aromatic N) is 5. The van der Waals surface area contributed by atoms with Crippen LogP contribution in [0.2, 0.25) is 0 Å². The van der Waals surface area contributed by atoms with Crippen LogP contribution >= 0.6 is 0 Å². The third-order valence-electron chi connectivity index (χ3n) is 6.25. The minimum atomic E-state index is -0.451. The van der Waals surface area contributed by atoms with E-state index in [-0.39, 0.29) is 11.4 Å². The highest BCUT2D eigenvalue weighted by Crippen LogP contribution is 2.26.